The van der Waals surface area contributed by atoms with Crippen LogP contribution in [-0.2, 0) is 22.6 Å². The number of aromatic nitrogens is 3. The Labute approximate surface area is 211 Å². The van der Waals surface area contributed by atoms with Crippen LogP contribution in [-0.4, -0.2) is 58.4 Å². The number of hydrogen-bond donors (Lipinski definition) is 0. The fourth-order valence-corrected chi connectivity index (χ4v) is 4.84. The van der Waals surface area contributed by atoms with Crippen molar-refractivity contribution in [1.82, 2.24) is 14.3 Å². The fraction of sp³-hybridized carbons (Fsp3) is 0.391. The van der Waals surface area contributed by atoms with E-state index in [0.717, 1.165) is 17.0 Å². The van der Waals surface area contributed by atoms with Crippen molar-refractivity contribution >= 4 is 45.9 Å². The lowest BCUT2D eigenvalue weighted by molar-refractivity contribution is -0.129. The van der Waals surface area contributed by atoms with Crippen molar-refractivity contribution in [3.8, 4) is 0 Å². The van der Waals surface area contributed by atoms with E-state index in [4.69, 9.17) is 16.3 Å². The molecule has 9 nitrogen and oxygen atoms in total. The lowest BCUT2D eigenvalue weighted by Crippen LogP contribution is -2.30. The van der Waals surface area contributed by atoms with Crippen molar-refractivity contribution in [2.24, 2.45) is 0 Å². The van der Waals surface area contributed by atoms with E-state index < -0.39 is 42.5 Å². The van der Waals surface area contributed by atoms with Crippen molar-refractivity contribution in [2.75, 3.05) is 29.4 Å². The normalized spacial score (nSPS) is 17.9. The van der Waals surface area contributed by atoms with Gasteiger partial charge in [0.25, 0.3) is 12.0 Å². The van der Waals surface area contributed by atoms with Crippen LogP contribution in [0, 0.1) is 11.6 Å². The van der Waals surface area contributed by atoms with Crippen molar-refractivity contribution in [3.63, 3.8) is 0 Å². The quantitative estimate of drug-likeness (QED) is 0.443. The molecule has 2 aliphatic heterocycles. The first kappa shape index (κ1) is 25.1. The highest BCUT2D eigenvalue weighted by Gasteiger charge is 2.34. The number of carbonyl (C=O) groups excluding carboxylic acids is 2. The van der Waals surface area contributed by atoms with Crippen molar-refractivity contribution in [3.05, 3.63) is 51.4 Å². The van der Waals surface area contributed by atoms with E-state index in [1.807, 2.05) is 0 Å². The maximum Gasteiger partial charge on any atom is 0.414 e. The average molecular weight is 542 g/mol. The molecule has 1 fully saturated rings. The molecule has 1 aromatic carbocycles. The number of halogens is 5. The minimum Gasteiger partial charge on any atom is -0.444 e. The van der Waals surface area contributed by atoms with Gasteiger partial charge in [0.15, 0.2) is 23.1 Å². The number of hydrogen-bond acceptors (Lipinski definition) is 6. The second kappa shape index (κ2) is 9.69. The number of ketones is 1. The third-order valence-electron chi connectivity index (χ3n) is 6.46. The standard InChI is InChI=1S/C23H20ClF4N5O4/c24-12-7-15-21(29-10-12)32-5-3-30(4-6-33(32)22(15)35)19-16(25)8-13(9-17(19)26)31-11-14(37-23(31)36)1-2-18(34)20(27)28/h7-10,14,20H,1-6,11H2/t14-/m0/s1. The van der Waals surface area contributed by atoms with Gasteiger partial charge in [0, 0.05) is 37.8 Å². The number of pyridine rings is 1. The summed E-state index contributed by atoms with van der Waals surface area (Å²) in [6.45, 7) is 0.534. The Morgan fingerprint density at radius 1 is 1.08 bits per heavy atom. The number of cyclic esters (lactones) is 1. The fourth-order valence-electron chi connectivity index (χ4n) is 4.68. The highest BCUT2D eigenvalue weighted by atomic mass is 35.5. The summed E-state index contributed by atoms with van der Waals surface area (Å²) in [6, 6.07) is 3.51. The first-order valence-corrected chi connectivity index (χ1v) is 11.8. The van der Waals surface area contributed by atoms with Crippen LogP contribution in [0.1, 0.15) is 12.8 Å². The van der Waals surface area contributed by atoms with Gasteiger partial charge in [0.2, 0.25) is 0 Å². The molecule has 0 N–H and O–H groups in total. The second-order valence-corrected chi connectivity index (χ2v) is 9.18. The van der Waals surface area contributed by atoms with Crippen molar-refractivity contribution in [2.45, 2.75) is 38.5 Å². The molecule has 2 aliphatic rings. The molecule has 0 spiro atoms. The van der Waals surface area contributed by atoms with Gasteiger partial charge in [-0.2, -0.15) is 0 Å². The third kappa shape index (κ3) is 4.63. The predicted molar refractivity (Wildman–Crippen MR) is 125 cm³/mol. The first-order valence-electron chi connectivity index (χ1n) is 11.4. The Bertz CT molecular complexity index is 1440. The lowest BCUT2D eigenvalue weighted by atomic mass is 10.1. The summed E-state index contributed by atoms with van der Waals surface area (Å²) in [7, 11) is 0. The van der Waals surface area contributed by atoms with E-state index in [0.29, 0.717) is 16.1 Å². The van der Waals surface area contributed by atoms with Crippen LogP contribution in [0.2, 0.25) is 5.02 Å². The molecular weight excluding hydrogens is 522 g/mol. The molecule has 5 rings (SSSR count). The van der Waals surface area contributed by atoms with E-state index in [-0.39, 0.29) is 56.1 Å². The van der Waals surface area contributed by atoms with Gasteiger partial charge >= 0.3 is 6.09 Å². The minimum atomic E-state index is -3.11. The van der Waals surface area contributed by atoms with Gasteiger partial charge in [-0.25, -0.2) is 32.0 Å². The average Bonchev–Trinajstić information content (AvgIpc) is 3.24. The maximum atomic E-state index is 15.2. The van der Waals surface area contributed by atoms with E-state index in [1.54, 1.807) is 4.68 Å². The zero-order valence-corrected chi connectivity index (χ0v) is 19.9. The number of benzene rings is 1. The molecule has 0 aliphatic carbocycles. The molecule has 14 heteroatoms. The number of anilines is 2. The molecule has 1 saturated heterocycles. The van der Waals surface area contributed by atoms with E-state index in [9.17, 15) is 23.2 Å². The highest BCUT2D eigenvalue weighted by Crippen LogP contribution is 2.32. The summed E-state index contributed by atoms with van der Waals surface area (Å²) in [5.41, 5.74) is -0.296. The lowest BCUT2D eigenvalue weighted by Gasteiger charge is -2.24. The van der Waals surface area contributed by atoms with Crippen LogP contribution in [0.5, 0.6) is 0 Å². The largest absolute Gasteiger partial charge is 0.444 e. The number of nitrogens with zero attached hydrogens (tertiary/aromatic N) is 5. The maximum absolute atomic E-state index is 15.2. The van der Waals surface area contributed by atoms with Gasteiger partial charge in [-0.3, -0.25) is 19.2 Å². The van der Waals surface area contributed by atoms with E-state index >= 15 is 8.78 Å². The predicted octanol–water partition coefficient (Wildman–Crippen LogP) is 3.59. The first-order chi connectivity index (χ1) is 17.6. The summed E-state index contributed by atoms with van der Waals surface area (Å²) >= 11 is 5.96. The summed E-state index contributed by atoms with van der Waals surface area (Å²) in [4.78, 5) is 42.9. The van der Waals surface area contributed by atoms with Crippen LogP contribution in [0.4, 0.5) is 33.7 Å². The molecule has 37 heavy (non-hydrogen) atoms. The Morgan fingerprint density at radius 3 is 2.43 bits per heavy atom. The van der Waals surface area contributed by atoms with Gasteiger partial charge in [0.05, 0.1) is 35.7 Å². The summed E-state index contributed by atoms with van der Waals surface area (Å²) in [5.74, 6) is -3.12. The molecule has 0 unspecified atom stereocenters. The van der Waals surface area contributed by atoms with Crippen LogP contribution >= 0.6 is 11.6 Å². The summed E-state index contributed by atoms with van der Waals surface area (Å²) < 4.78 is 63.4. The van der Waals surface area contributed by atoms with E-state index in [2.05, 4.69) is 4.98 Å². The molecule has 4 heterocycles. The number of amides is 1. The molecule has 0 bridgehead atoms. The zero-order valence-electron chi connectivity index (χ0n) is 19.2. The smallest absolute Gasteiger partial charge is 0.414 e. The van der Waals surface area contributed by atoms with Gasteiger partial charge < -0.3 is 9.64 Å². The molecule has 1 atom stereocenters. The monoisotopic (exact) mass is 541 g/mol. The third-order valence-corrected chi connectivity index (χ3v) is 6.66. The van der Waals surface area contributed by atoms with Crippen molar-refractivity contribution < 1.29 is 31.9 Å². The topological polar surface area (TPSA) is 89.7 Å². The van der Waals surface area contributed by atoms with Crippen molar-refractivity contribution in [1.29, 1.82) is 0 Å². The molecule has 196 valence electrons. The zero-order chi connectivity index (χ0) is 26.4. The van der Waals surface area contributed by atoms with Gasteiger partial charge in [-0.15, -0.1) is 0 Å². The number of ether oxygens (including phenoxy) is 1. The molecular formula is C23H20ClF4N5O4. The van der Waals surface area contributed by atoms with E-state index in [1.165, 1.54) is 21.8 Å². The van der Waals surface area contributed by atoms with Crippen LogP contribution in [0.15, 0.2) is 29.2 Å². The minimum absolute atomic E-state index is 0.101. The molecule has 1 amide bonds. The van der Waals surface area contributed by atoms with Crippen LogP contribution < -0.4 is 15.4 Å². The number of rotatable bonds is 6. The second-order valence-electron chi connectivity index (χ2n) is 8.74. The molecule has 0 saturated carbocycles. The molecule has 2 aromatic heterocycles. The molecule has 0 radical (unpaired) electrons. The van der Waals surface area contributed by atoms with Gasteiger partial charge in [-0.1, -0.05) is 11.6 Å². The number of alkyl halides is 2. The van der Waals surface area contributed by atoms with Gasteiger partial charge in [0.1, 0.15) is 11.8 Å². The Kier molecular flexibility index (Phi) is 6.56. The summed E-state index contributed by atoms with van der Waals surface area (Å²) in [6.07, 6.45) is -4.06. The van der Waals surface area contributed by atoms with Crippen LogP contribution in [0.25, 0.3) is 11.0 Å². The Morgan fingerprint density at radius 2 is 1.76 bits per heavy atom. The Hall–Kier alpha value is -3.61. The van der Waals surface area contributed by atoms with Crippen LogP contribution in [0.3, 0.4) is 0 Å². The summed E-state index contributed by atoms with van der Waals surface area (Å²) in [5, 5.41) is 0.684. The SMILES string of the molecule is O=C(CC[C@H]1CN(c2cc(F)c(N3CCn4c(=O)c5cc(Cl)cnc5n4CC3)c(F)c2)C(=O)O1)C(F)F. The number of carbonyl (C=O) groups is 2. The number of Topliss-reactive ketones (excluding diaryl/α,β-unsaturated/α-hetero) is 1. The number of fused-ring (bicyclic) bond motifs is 3. The molecule has 3 aromatic rings. The Balaban J connectivity index is 1.33. The van der Waals surface area contributed by atoms with Gasteiger partial charge in [-0.05, 0) is 12.5 Å². The highest BCUT2D eigenvalue weighted by molar-refractivity contribution is 6.31.